The summed E-state index contributed by atoms with van der Waals surface area (Å²) in [5.74, 6) is -0.387. The lowest BCUT2D eigenvalue weighted by molar-refractivity contribution is -0.141. The molecule has 1 atom stereocenters. The van der Waals surface area contributed by atoms with Crippen molar-refractivity contribution in [2.24, 2.45) is 0 Å². The van der Waals surface area contributed by atoms with E-state index in [9.17, 15) is 13.2 Å². The van der Waals surface area contributed by atoms with Crippen molar-refractivity contribution in [2.75, 3.05) is 7.11 Å². The number of nitrogens with zero attached hydrogens (tertiary/aromatic N) is 1. The van der Waals surface area contributed by atoms with Gasteiger partial charge in [-0.05, 0) is 24.5 Å². The van der Waals surface area contributed by atoms with Gasteiger partial charge < -0.3 is 4.74 Å². The van der Waals surface area contributed by atoms with Gasteiger partial charge in [0, 0.05) is 6.04 Å². The Labute approximate surface area is 112 Å². The average Bonchev–Trinajstić information content (AvgIpc) is 3.19. The molecule has 0 bridgehead atoms. The minimum Gasteiger partial charge on any atom is -0.469 e. The van der Waals surface area contributed by atoms with Crippen molar-refractivity contribution in [2.45, 2.75) is 36.2 Å². The Morgan fingerprint density at radius 2 is 2.05 bits per heavy atom. The molecule has 1 aliphatic carbocycles. The monoisotopic (exact) mass is 281 g/mol. The van der Waals surface area contributed by atoms with Crippen molar-refractivity contribution in [1.29, 1.82) is 0 Å². The van der Waals surface area contributed by atoms with Crippen molar-refractivity contribution < 1.29 is 17.9 Å². The fourth-order valence-electron chi connectivity index (χ4n) is 2.63. The molecule has 1 heterocycles. The maximum absolute atomic E-state index is 12.5. The second-order valence-electron chi connectivity index (χ2n) is 4.90. The number of carbonyl (C=O) groups excluding carboxylic acids is 1. The third-order valence-corrected chi connectivity index (χ3v) is 5.67. The minimum absolute atomic E-state index is 0.0343. The van der Waals surface area contributed by atoms with E-state index in [1.807, 2.05) is 0 Å². The number of ether oxygens (including phenoxy) is 1. The van der Waals surface area contributed by atoms with Crippen LogP contribution in [0.4, 0.5) is 0 Å². The van der Waals surface area contributed by atoms with Gasteiger partial charge in [-0.1, -0.05) is 18.2 Å². The molecule has 19 heavy (non-hydrogen) atoms. The molecule has 2 aliphatic rings. The molecular formula is C13H15NO4S. The first-order chi connectivity index (χ1) is 9.05. The van der Waals surface area contributed by atoms with Gasteiger partial charge in [0.2, 0.25) is 10.0 Å². The molecule has 0 aromatic heterocycles. The molecule has 1 fully saturated rings. The molecule has 1 saturated carbocycles. The van der Waals surface area contributed by atoms with E-state index >= 15 is 0 Å². The summed E-state index contributed by atoms with van der Waals surface area (Å²) in [6, 6.07) is 6.52. The van der Waals surface area contributed by atoms with Crippen LogP contribution in [-0.2, 0) is 19.6 Å². The molecule has 1 aliphatic heterocycles. The number of benzene rings is 1. The fraction of sp³-hybridized carbons (Fsp3) is 0.462. The van der Waals surface area contributed by atoms with Gasteiger partial charge in [0.15, 0.2) is 0 Å². The van der Waals surface area contributed by atoms with Gasteiger partial charge in [0.1, 0.15) is 0 Å². The number of esters is 1. The summed E-state index contributed by atoms with van der Waals surface area (Å²) in [6.45, 7) is 0. The van der Waals surface area contributed by atoms with Gasteiger partial charge in [-0.3, -0.25) is 4.79 Å². The van der Waals surface area contributed by atoms with Gasteiger partial charge in [-0.25, -0.2) is 8.42 Å². The first-order valence-corrected chi connectivity index (χ1v) is 7.69. The maximum atomic E-state index is 12.5. The second-order valence-corrected chi connectivity index (χ2v) is 6.71. The molecule has 0 unspecified atom stereocenters. The summed E-state index contributed by atoms with van der Waals surface area (Å²) in [5, 5.41) is 0. The highest BCUT2D eigenvalue weighted by Crippen LogP contribution is 2.47. The average molecular weight is 281 g/mol. The lowest BCUT2D eigenvalue weighted by Crippen LogP contribution is -2.31. The van der Waals surface area contributed by atoms with Crippen LogP contribution >= 0.6 is 0 Å². The number of rotatable bonds is 3. The summed E-state index contributed by atoms with van der Waals surface area (Å²) >= 11 is 0. The van der Waals surface area contributed by atoms with Crippen LogP contribution in [0.25, 0.3) is 0 Å². The SMILES string of the molecule is COC(=O)C[C@H]1c2ccccc2S(=O)(=O)N1C1CC1. The summed E-state index contributed by atoms with van der Waals surface area (Å²) in [5.41, 5.74) is 0.708. The Morgan fingerprint density at radius 1 is 1.37 bits per heavy atom. The normalized spacial score (nSPS) is 25.0. The van der Waals surface area contributed by atoms with Gasteiger partial charge in [-0.2, -0.15) is 4.31 Å². The molecule has 5 nitrogen and oxygen atoms in total. The molecule has 3 rings (SSSR count). The van der Waals surface area contributed by atoms with Crippen molar-refractivity contribution in [1.82, 2.24) is 4.31 Å². The Hall–Kier alpha value is -1.40. The zero-order valence-corrected chi connectivity index (χ0v) is 11.4. The molecule has 102 valence electrons. The standard InChI is InChI=1S/C13H15NO4S/c1-18-13(15)8-11-10-4-2-3-5-12(10)19(16,17)14(11)9-6-7-9/h2-5,9,11H,6-8H2,1H3/t11-/m0/s1. The lowest BCUT2D eigenvalue weighted by atomic mass is 10.0. The molecule has 6 heteroatoms. The third kappa shape index (κ3) is 1.95. The first kappa shape index (κ1) is 12.6. The van der Waals surface area contributed by atoms with Gasteiger partial charge in [0.25, 0.3) is 0 Å². The fourth-order valence-corrected chi connectivity index (χ4v) is 4.74. The van der Waals surface area contributed by atoms with E-state index in [0.29, 0.717) is 10.5 Å². The molecular weight excluding hydrogens is 266 g/mol. The summed E-state index contributed by atoms with van der Waals surface area (Å²) in [4.78, 5) is 11.9. The summed E-state index contributed by atoms with van der Waals surface area (Å²) in [7, 11) is -2.14. The lowest BCUT2D eigenvalue weighted by Gasteiger charge is -2.22. The van der Waals surface area contributed by atoms with Crippen LogP contribution in [-0.4, -0.2) is 31.8 Å². The van der Waals surface area contributed by atoms with Crippen molar-refractivity contribution in [3.63, 3.8) is 0 Å². The Kier molecular flexibility index (Phi) is 2.87. The smallest absolute Gasteiger partial charge is 0.307 e. The topological polar surface area (TPSA) is 63.7 Å². The molecule has 1 aromatic rings. The third-order valence-electron chi connectivity index (χ3n) is 3.64. The van der Waals surface area contributed by atoms with Gasteiger partial charge >= 0.3 is 5.97 Å². The van der Waals surface area contributed by atoms with Crippen LogP contribution < -0.4 is 0 Å². The van der Waals surface area contributed by atoms with Crippen LogP contribution in [0.3, 0.4) is 0 Å². The van der Waals surface area contributed by atoms with E-state index in [-0.39, 0.29) is 18.4 Å². The zero-order valence-electron chi connectivity index (χ0n) is 10.6. The number of methoxy groups -OCH3 is 1. The van der Waals surface area contributed by atoms with Gasteiger partial charge in [0.05, 0.1) is 24.5 Å². The van der Waals surface area contributed by atoms with E-state index in [4.69, 9.17) is 0 Å². The highest BCUT2D eigenvalue weighted by atomic mass is 32.2. The van der Waals surface area contributed by atoms with E-state index in [1.165, 1.54) is 11.4 Å². The van der Waals surface area contributed by atoms with Crippen LogP contribution in [0.2, 0.25) is 0 Å². The van der Waals surface area contributed by atoms with Crippen LogP contribution in [0, 0.1) is 0 Å². The highest BCUT2D eigenvalue weighted by molar-refractivity contribution is 7.89. The van der Waals surface area contributed by atoms with Crippen LogP contribution in [0.15, 0.2) is 29.2 Å². The van der Waals surface area contributed by atoms with Crippen molar-refractivity contribution in [3.05, 3.63) is 29.8 Å². The van der Waals surface area contributed by atoms with Crippen molar-refractivity contribution in [3.8, 4) is 0 Å². The molecule has 0 radical (unpaired) electrons. The number of hydrogen-bond donors (Lipinski definition) is 0. The molecule has 1 aromatic carbocycles. The van der Waals surface area contributed by atoms with E-state index < -0.39 is 16.1 Å². The molecule has 0 N–H and O–H groups in total. The summed E-state index contributed by atoms with van der Waals surface area (Å²) < 4.78 is 31.2. The van der Waals surface area contributed by atoms with E-state index in [0.717, 1.165) is 12.8 Å². The predicted octanol–water partition coefficient (Wildman–Crippen LogP) is 1.46. The van der Waals surface area contributed by atoms with Crippen LogP contribution in [0.5, 0.6) is 0 Å². The number of carbonyl (C=O) groups is 1. The number of fused-ring (bicyclic) bond motifs is 1. The van der Waals surface area contributed by atoms with Crippen LogP contribution in [0.1, 0.15) is 30.9 Å². The summed E-state index contributed by atoms with van der Waals surface area (Å²) in [6.07, 6.45) is 1.80. The Bertz CT molecular complexity index is 621. The van der Waals surface area contributed by atoms with E-state index in [2.05, 4.69) is 4.74 Å². The quantitative estimate of drug-likeness (QED) is 0.787. The zero-order chi connectivity index (χ0) is 13.6. The highest BCUT2D eigenvalue weighted by Gasteiger charge is 2.50. The molecule has 0 spiro atoms. The van der Waals surface area contributed by atoms with E-state index in [1.54, 1.807) is 24.3 Å². The predicted molar refractivity (Wildman–Crippen MR) is 67.9 cm³/mol. The largest absolute Gasteiger partial charge is 0.469 e. The molecule has 0 amide bonds. The number of sulfonamides is 1. The van der Waals surface area contributed by atoms with Gasteiger partial charge in [-0.15, -0.1) is 0 Å². The second kappa shape index (κ2) is 4.31. The Balaban J connectivity index is 2.07. The number of hydrogen-bond acceptors (Lipinski definition) is 4. The minimum atomic E-state index is -3.46. The molecule has 0 saturated heterocycles. The van der Waals surface area contributed by atoms with Crippen molar-refractivity contribution >= 4 is 16.0 Å². The first-order valence-electron chi connectivity index (χ1n) is 6.25. The maximum Gasteiger partial charge on any atom is 0.307 e. The Morgan fingerprint density at radius 3 is 2.68 bits per heavy atom.